The Balaban J connectivity index is 1.42. The predicted octanol–water partition coefficient (Wildman–Crippen LogP) is 12.0. The van der Waals surface area contributed by atoms with Crippen LogP contribution in [0, 0.1) is 0 Å². The average molecular weight is 626 g/mol. The Kier molecular flexibility index (Phi) is 5.35. The van der Waals surface area contributed by atoms with Gasteiger partial charge in [0.2, 0.25) is 0 Å². The summed E-state index contributed by atoms with van der Waals surface area (Å²) in [6, 6.07) is 56.2. The molecule has 0 atom stereocenters. The van der Waals surface area contributed by atoms with Crippen LogP contribution in [0.25, 0.3) is 99.0 Å². The second-order valence-electron chi connectivity index (χ2n) is 12.8. The summed E-state index contributed by atoms with van der Waals surface area (Å²) >= 11 is 0. The Morgan fingerprint density at radius 2 is 1.10 bits per heavy atom. The number of pyridine rings is 1. The number of benzene rings is 7. The van der Waals surface area contributed by atoms with E-state index in [4.69, 9.17) is 9.40 Å². The molecule has 49 heavy (non-hydrogen) atoms. The molecule has 0 aliphatic heterocycles. The number of aromatic nitrogens is 3. The summed E-state index contributed by atoms with van der Waals surface area (Å²) in [5, 5.41) is 8.11. The third-order valence-corrected chi connectivity index (χ3v) is 10.1. The van der Waals surface area contributed by atoms with E-state index in [9.17, 15) is 0 Å². The molecular formula is C45H27N3O. The SMILES string of the molecule is c1ccc(-c2cccc(-n3c4ccccc4c4c5cccnc5c5c(c6cc7c(cc6n5-c5ccccc5)oc5ccccc57)c43)c2)cc1. The Morgan fingerprint density at radius 1 is 0.408 bits per heavy atom. The number of hydrogen-bond acceptors (Lipinski definition) is 2. The second-order valence-corrected chi connectivity index (χ2v) is 12.8. The monoisotopic (exact) mass is 625 g/mol. The molecule has 0 saturated heterocycles. The number of rotatable bonds is 3. The highest BCUT2D eigenvalue weighted by Crippen LogP contribution is 2.47. The van der Waals surface area contributed by atoms with Gasteiger partial charge in [0.25, 0.3) is 0 Å². The van der Waals surface area contributed by atoms with E-state index in [1.54, 1.807) is 0 Å². The van der Waals surface area contributed by atoms with E-state index in [1.807, 2.05) is 12.3 Å². The van der Waals surface area contributed by atoms with E-state index in [-0.39, 0.29) is 0 Å². The Morgan fingerprint density at radius 3 is 1.98 bits per heavy atom. The van der Waals surface area contributed by atoms with Crippen LogP contribution in [0.2, 0.25) is 0 Å². The van der Waals surface area contributed by atoms with Crippen molar-refractivity contribution in [3.8, 4) is 22.5 Å². The van der Waals surface area contributed by atoms with E-state index >= 15 is 0 Å². The Labute approximate surface area is 280 Å². The van der Waals surface area contributed by atoms with Gasteiger partial charge in [0, 0.05) is 61.3 Å². The highest BCUT2D eigenvalue weighted by Gasteiger charge is 2.26. The van der Waals surface area contributed by atoms with Crippen LogP contribution in [0.3, 0.4) is 0 Å². The lowest BCUT2D eigenvalue weighted by Gasteiger charge is -2.13. The molecule has 4 aromatic heterocycles. The molecule has 228 valence electrons. The van der Waals surface area contributed by atoms with Crippen LogP contribution in [0.5, 0.6) is 0 Å². The zero-order valence-corrected chi connectivity index (χ0v) is 26.3. The molecule has 0 aliphatic rings. The van der Waals surface area contributed by atoms with Crippen molar-refractivity contribution in [3.63, 3.8) is 0 Å². The Hall–Kier alpha value is -6.65. The summed E-state index contributed by atoms with van der Waals surface area (Å²) < 4.78 is 11.3. The van der Waals surface area contributed by atoms with Gasteiger partial charge in [-0.05, 0) is 59.7 Å². The zero-order chi connectivity index (χ0) is 32.1. The van der Waals surface area contributed by atoms with Gasteiger partial charge in [-0.15, -0.1) is 0 Å². The fourth-order valence-electron chi connectivity index (χ4n) is 8.08. The number of hydrogen-bond donors (Lipinski definition) is 0. The van der Waals surface area contributed by atoms with Crippen molar-refractivity contribution >= 4 is 76.5 Å². The first kappa shape index (κ1) is 26.4. The van der Waals surface area contributed by atoms with Crippen molar-refractivity contribution in [2.75, 3.05) is 0 Å². The maximum absolute atomic E-state index is 6.48. The zero-order valence-electron chi connectivity index (χ0n) is 26.3. The van der Waals surface area contributed by atoms with Crippen LogP contribution in [0.15, 0.2) is 168 Å². The smallest absolute Gasteiger partial charge is 0.137 e. The summed E-state index contributed by atoms with van der Waals surface area (Å²) in [5.74, 6) is 0. The minimum Gasteiger partial charge on any atom is -0.456 e. The first-order valence-corrected chi connectivity index (χ1v) is 16.6. The van der Waals surface area contributed by atoms with Crippen molar-refractivity contribution in [2.24, 2.45) is 0 Å². The maximum Gasteiger partial charge on any atom is 0.137 e. The quantitative estimate of drug-likeness (QED) is 0.196. The van der Waals surface area contributed by atoms with E-state index < -0.39 is 0 Å². The molecule has 11 aromatic rings. The number of fused-ring (bicyclic) bond motifs is 13. The van der Waals surface area contributed by atoms with Crippen molar-refractivity contribution in [3.05, 3.63) is 164 Å². The van der Waals surface area contributed by atoms with Crippen LogP contribution >= 0.6 is 0 Å². The summed E-state index contributed by atoms with van der Waals surface area (Å²) in [4.78, 5) is 5.14. The van der Waals surface area contributed by atoms with Crippen molar-refractivity contribution in [1.29, 1.82) is 0 Å². The van der Waals surface area contributed by atoms with Crippen LogP contribution in [0.1, 0.15) is 0 Å². The molecule has 4 heterocycles. The first-order chi connectivity index (χ1) is 24.3. The standard InChI is InChI=1S/C45H27N3O/c1-3-13-28(14-4-1)29-15-11-18-31(25-29)48-37-22-9-7-20-33(37)41-34-21-12-24-46-43(34)45-42(44(41)48)36-26-35-32-19-8-10-23-39(32)49-40(35)27-38(36)47(45)30-16-5-2-6-17-30/h1-27H. The van der Waals surface area contributed by atoms with Crippen LogP contribution in [-0.2, 0) is 0 Å². The van der Waals surface area contributed by atoms with Gasteiger partial charge in [-0.2, -0.15) is 0 Å². The Bertz CT molecular complexity index is 3090. The number of nitrogens with zero attached hydrogens (tertiary/aromatic N) is 3. The summed E-state index contributed by atoms with van der Waals surface area (Å²) in [6.07, 6.45) is 1.92. The van der Waals surface area contributed by atoms with Crippen molar-refractivity contribution in [2.45, 2.75) is 0 Å². The molecule has 0 spiro atoms. The third kappa shape index (κ3) is 3.66. The molecule has 4 nitrogen and oxygen atoms in total. The van der Waals surface area contributed by atoms with Crippen molar-refractivity contribution in [1.82, 2.24) is 14.1 Å². The molecule has 0 aliphatic carbocycles. The van der Waals surface area contributed by atoms with Crippen LogP contribution in [-0.4, -0.2) is 14.1 Å². The molecule has 7 aromatic carbocycles. The lowest BCUT2D eigenvalue weighted by molar-refractivity contribution is 0.669. The number of para-hydroxylation sites is 3. The average Bonchev–Trinajstić information content (AvgIpc) is 3.82. The summed E-state index contributed by atoms with van der Waals surface area (Å²) in [5.41, 5.74) is 11.8. The van der Waals surface area contributed by atoms with Crippen molar-refractivity contribution < 1.29 is 4.42 Å². The first-order valence-electron chi connectivity index (χ1n) is 16.6. The summed E-state index contributed by atoms with van der Waals surface area (Å²) in [6.45, 7) is 0. The predicted molar refractivity (Wildman–Crippen MR) is 203 cm³/mol. The van der Waals surface area contributed by atoms with Gasteiger partial charge < -0.3 is 13.6 Å². The fourth-order valence-corrected chi connectivity index (χ4v) is 8.08. The van der Waals surface area contributed by atoms with Gasteiger partial charge in [0.15, 0.2) is 0 Å². The lowest BCUT2D eigenvalue weighted by atomic mass is 10.0. The largest absolute Gasteiger partial charge is 0.456 e. The molecule has 0 bridgehead atoms. The minimum atomic E-state index is 0.873. The fraction of sp³-hybridized carbons (Fsp3) is 0. The van der Waals surface area contributed by atoms with Gasteiger partial charge in [0.1, 0.15) is 11.2 Å². The lowest BCUT2D eigenvalue weighted by Crippen LogP contribution is -1.97. The highest BCUT2D eigenvalue weighted by atomic mass is 16.3. The molecule has 0 fully saturated rings. The van der Waals surface area contributed by atoms with Gasteiger partial charge in [0.05, 0.1) is 27.6 Å². The minimum absolute atomic E-state index is 0.873. The maximum atomic E-state index is 6.48. The number of furan rings is 1. The van der Waals surface area contributed by atoms with Gasteiger partial charge in [-0.3, -0.25) is 4.98 Å². The molecule has 0 saturated carbocycles. The van der Waals surface area contributed by atoms with E-state index in [0.717, 1.165) is 60.8 Å². The van der Waals surface area contributed by atoms with Gasteiger partial charge in [-0.25, -0.2) is 0 Å². The molecule has 0 unspecified atom stereocenters. The van der Waals surface area contributed by atoms with E-state index in [1.165, 1.54) is 38.2 Å². The summed E-state index contributed by atoms with van der Waals surface area (Å²) in [7, 11) is 0. The van der Waals surface area contributed by atoms with Crippen LogP contribution in [0.4, 0.5) is 0 Å². The molecule has 0 N–H and O–H groups in total. The molecular weight excluding hydrogens is 599 g/mol. The third-order valence-electron chi connectivity index (χ3n) is 10.1. The topological polar surface area (TPSA) is 35.9 Å². The van der Waals surface area contributed by atoms with E-state index in [2.05, 4.69) is 161 Å². The highest BCUT2D eigenvalue weighted by molar-refractivity contribution is 6.36. The van der Waals surface area contributed by atoms with Crippen LogP contribution < -0.4 is 0 Å². The van der Waals surface area contributed by atoms with Gasteiger partial charge in [-0.1, -0.05) is 103 Å². The van der Waals surface area contributed by atoms with Gasteiger partial charge >= 0.3 is 0 Å². The molecule has 0 amide bonds. The normalized spacial score (nSPS) is 12.1. The molecule has 0 radical (unpaired) electrons. The van der Waals surface area contributed by atoms with E-state index in [0.29, 0.717) is 0 Å². The molecule has 11 rings (SSSR count). The second kappa shape index (κ2) is 9.93. The molecule has 4 heteroatoms.